The fraction of sp³-hybridized carbons (Fsp3) is 0.125. The third kappa shape index (κ3) is 5.86. The van der Waals surface area contributed by atoms with E-state index in [1.807, 2.05) is 31.2 Å². The van der Waals surface area contributed by atoms with Crippen LogP contribution in [0.5, 0.6) is 11.5 Å². The van der Waals surface area contributed by atoms with Crippen molar-refractivity contribution in [1.82, 2.24) is 0 Å². The summed E-state index contributed by atoms with van der Waals surface area (Å²) in [5.41, 5.74) is 2.94. The van der Waals surface area contributed by atoms with E-state index in [4.69, 9.17) is 21.1 Å². The van der Waals surface area contributed by atoms with E-state index in [-0.39, 0.29) is 16.4 Å². The number of hydrogen-bond acceptors (Lipinski definition) is 5. The SMILES string of the molecule is COc1cc(/C=C/C(=O)Nc2ccc(Cl)c([N+](=O)[O-])c2)ccc1OCc1ccccc1C. The summed E-state index contributed by atoms with van der Waals surface area (Å²) in [6, 6.07) is 17.4. The molecule has 3 aromatic carbocycles. The van der Waals surface area contributed by atoms with Crippen LogP contribution in [0.25, 0.3) is 6.08 Å². The molecule has 0 fully saturated rings. The number of nitro groups is 1. The summed E-state index contributed by atoms with van der Waals surface area (Å²) in [7, 11) is 1.55. The lowest BCUT2D eigenvalue weighted by molar-refractivity contribution is -0.384. The Bertz CT molecular complexity index is 1180. The maximum absolute atomic E-state index is 12.2. The van der Waals surface area contributed by atoms with Crippen LogP contribution in [0.3, 0.4) is 0 Å². The van der Waals surface area contributed by atoms with Gasteiger partial charge in [-0.15, -0.1) is 0 Å². The van der Waals surface area contributed by atoms with E-state index >= 15 is 0 Å². The summed E-state index contributed by atoms with van der Waals surface area (Å²) >= 11 is 5.78. The quantitative estimate of drug-likeness (QED) is 0.265. The normalized spacial score (nSPS) is 10.7. The average Bonchev–Trinajstić information content (AvgIpc) is 2.78. The average molecular weight is 453 g/mol. The number of ether oxygens (including phenoxy) is 2. The monoisotopic (exact) mass is 452 g/mol. The fourth-order valence-corrected chi connectivity index (χ4v) is 3.11. The molecular weight excluding hydrogens is 432 g/mol. The van der Waals surface area contributed by atoms with Crippen LogP contribution in [0, 0.1) is 17.0 Å². The van der Waals surface area contributed by atoms with Crippen molar-refractivity contribution in [2.75, 3.05) is 12.4 Å². The smallest absolute Gasteiger partial charge is 0.289 e. The van der Waals surface area contributed by atoms with E-state index < -0.39 is 10.8 Å². The number of nitro benzene ring substituents is 1. The van der Waals surface area contributed by atoms with Crippen molar-refractivity contribution >= 4 is 35.0 Å². The first-order chi connectivity index (χ1) is 15.4. The Kier molecular flexibility index (Phi) is 7.46. The number of hydrogen-bond donors (Lipinski definition) is 1. The number of nitrogens with zero attached hydrogens (tertiary/aromatic N) is 1. The Morgan fingerprint density at radius 2 is 1.91 bits per heavy atom. The van der Waals surface area contributed by atoms with E-state index in [0.29, 0.717) is 18.1 Å². The molecule has 0 aliphatic carbocycles. The highest BCUT2D eigenvalue weighted by Gasteiger charge is 2.13. The van der Waals surface area contributed by atoms with E-state index in [0.717, 1.165) is 16.7 Å². The molecule has 0 bridgehead atoms. The van der Waals surface area contributed by atoms with E-state index in [2.05, 4.69) is 5.32 Å². The van der Waals surface area contributed by atoms with Crippen molar-refractivity contribution in [3.05, 3.63) is 98.6 Å². The third-order valence-electron chi connectivity index (χ3n) is 4.67. The number of carbonyl (C=O) groups is 1. The molecule has 3 aromatic rings. The number of anilines is 1. The van der Waals surface area contributed by atoms with Gasteiger partial charge < -0.3 is 14.8 Å². The predicted molar refractivity (Wildman–Crippen MR) is 124 cm³/mol. The number of benzene rings is 3. The Labute approximate surface area is 190 Å². The molecule has 0 atom stereocenters. The van der Waals surface area contributed by atoms with Crippen LogP contribution in [-0.2, 0) is 11.4 Å². The number of nitrogens with one attached hydrogen (secondary N) is 1. The summed E-state index contributed by atoms with van der Waals surface area (Å²) in [6.45, 7) is 2.44. The summed E-state index contributed by atoms with van der Waals surface area (Å²) in [6.07, 6.45) is 2.93. The van der Waals surface area contributed by atoms with E-state index in [1.165, 1.54) is 24.3 Å². The third-order valence-corrected chi connectivity index (χ3v) is 4.99. The van der Waals surface area contributed by atoms with Crippen LogP contribution in [-0.4, -0.2) is 17.9 Å². The topological polar surface area (TPSA) is 90.7 Å². The van der Waals surface area contributed by atoms with Crippen molar-refractivity contribution in [2.45, 2.75) is 13.5 Å². The van der Waals surface area contributed by atoms with Gasteiger partial charge in [0.05, 0.1) is 12.0 Å². The largest absolute Gasteiger partial charge is 0.493 e. The molecule has 164 valence electrons. The zero-order chi connectivity index (χ0) is 23.1. The molecule has 0 unspecified atom stereocenters. The number of aryl methyl sites for hydroxylation is 1. The molecule has 0 aromatic heterocycles. The van der Waals surface area contributed by atoms with Crippen LogP contribution in [0.2, 0.25) is 5.02 Å². The van der Waals surface area contributed by atoms with Gasteiger partial charge in [-0.3, -0.25) is 14.9 Å². The molecule has 0 radical (unpaired) electrons. The van der Waals surface area contributed by atoms with Crippen molar-refractivity contribution in [3.8, 4) is 11.5 Å². The van der Waals surface area contributed by atoms with Crippen LogP contribution in [0.1, 0.15) is 16.7 Å². The van der Waals surface area contributed by atoms with E-state index in [9.17, 15) is 14.9 Å². The summed E-state index contributed by atoms with van der Waals surface area (Å²) in [5, 5.41) is 13.5. The van der Waals surface area contributed by atoms with Gasteiger partial charge in [0.25, 0.3) is 5.69 Å². The molecule has 8 heteroatoms. The van der Waals surface area contributed by atoms with Crippen LogP contribution in [0.15, 0.2) is 66.7 Å². The molecule has 32 heavy (non-hydrogen) atoms. The summed E-state index contributed by atoms with van der Waals surface area (Å²) < 4.78 is 11.3. The molecule has 0 saturated carbocycles. The van der Waals surface area contributed by atoms with Crippen molar-refractivity contribution in [1.29, 1.82) is 0 Å². The zero-order valence-electron chi connectivity index (χ0n) is 17.5. The highest BCUT2D eigenvalue weighted by atomic mass is 35.5. The molecule has 0 aliphatic rings. The van der Waals surface area contributed by atoms with Crippen molar-refractivity contribution in [2.24, 2.45) is 0 Å². The predicted octanol–water partition coefficient (Wildman–Crippen LogP) is 5.80. The molecule has 3 rings (SSSR count). The minimum Gasteiger partial charge on any atom is -0.493 e. The number of rotatable bonds is 8. The maximum atomic E-state index is 12.2. The number of methoxy groups -OCH3 is 1. The molecule has 0 spiro atoms. The van der Waals surface area contributed by atoms with Crippen molar-refractivity contribution in [3.63, 3.8) is 0 Å². The number of halogens is 1. The van der Waals surface area contributed by atoms with Crippen LogP contribution < -0.4 is 14.8 Å². The Morgan fingerprint density at radius 3 is 2.62 bits per heavy atom. The standard InChI is InChI=1S/C24H21ClN2O5/c1-16-5-3-4-6-18(16)15-32-22-11-7-17(13-23(22)31-2)8-12-24(28)26-19-9-10-20(25)21(14-19)27(29)30/h3-14H,15H2,1-2H3,(H,26,28)/b12-8+. The molecule has 0 aliphatic heterocycles. The summed E-state index contributed by atoms with van der Waals surface area (Å²) in [5.74, 6) is 0.681. The molecule has 7 nitrogen and oxygen atoms in total. The highest BCUT2D eigenvalue weighted by molar-refractivity contribution is 6.32. The number of amides is 1. The second kappa shape index (κ2) is 10.5. The molecule has 0 saturated heterocycles. The Hall–Kier alpha value is -3.84. The van der Waals surface area contributed by atoms with Gasteiger partial charge in [0.2, 0.25) is 5.91 Å². The minimum absolute atomic E-state index is 0.000342. The first-order valence-corrected chi connectivity index (χ1v) is 10.0. The lowest BCUT2D eigenvalue weighted by Gasteiger charge is -2.12. The first kappa shape index (κ1) is 22.8. The maximum Gasteiger partial charge on any atom is 0.289 e. The van der Waals surface area contributed by atoms with Gasteiger partial charge in [-0.25, -0.2) is 0 Å². The lowest BCUT2D eigenvalue weighted by Crippen LogP contribution is -2.08. The molecular formula is C24H21ClN2O5. The Morgan fingerprint density at radius 1 is 1.12 bits per heavy atom. The summed E-state index contributed by atoms with van der Waals surface area (Å²) in [4.78, 5) is 22.6. The van der Waals surface area contributed by atoms with Gasteiger partial charge >= 0.3 is 0 Å². The number of carbonyl (C=O) groups excluding carboxylic acids is 1. The lowest BCUT2D eigenvalue weighted by atomic mass is 10.1. The van der Waals surface area contributed by atoms with Crippen LogP contribution >= 0.6 is 11.6 Å². The first-order valence-electron chi connectivity index (χ1n) is 9.65. The molecule has 1 N–H and O–H groups in total. The van der Waals surface area contributed by atoms with Gasteiger partial charge in [-0.1, -0.05) is 41.9 Å². The molecule has 1 amide bonds. The Balaban J connectivity index is 1.66. The van der Waals surface area contributed by atoms with Gasteiger partial charge in [0.15, 0.2) is 11.5 Å². The van der Waals surface area contributed by atoms with Crippen molar-refractivity contribution < 1.29 is 19.2 Å². The minimum atomic E-state index is -0.608. The van der Waals surface area contributed by atoms with Crippen LogP contribution in [0.4, 0.5) is 11.4 Å². The zero-order valence-corrected chi connectivity index (χ0v) is 18.3. The van der Waals surface area contributed by atoms with Gasteiger partial charge in [-0.05, 0) is 54.0 Å². The van der Waals surface area contributed by atoms with Gasteiger partial charge in [0, 0.05) is 17.8 Å². The second-order valence-electron chi connectivity index (χ2n) is 6.87. The fourth-order valence-electron chi connectivity index (χ4n) is 2.92. The van der Waals surface area contributed by atoms with Gasteiger partial charge in [-0.2, -0.15) is 0 Å². The second-order valence-corrected chi connectivity index (χ2v) is 7.28. The molecule has 0 heterocycles. The highest BCUT2D eigenvalue weighted by Crippen LogP contribution is 2.30. The van der Waals surface area contributed by atoms with E-state index in [1.54, 1.807) is 31.4 Å². The van der Waals surface area contributed by atoms with Gasteiger partial charge in [0.1, 0.15) is 11.6 Å².